The Morgan fingerprint density at radius 2 is 1.14 bits per heavy atom. The maximum absolute atomic E-state index is 10.2. The first kappa shape index (κ1) is 34.1. The Balaban J connectivity index is 0.000000154. The largest absolute Gasteiger partial charge is 0.394 e. The molecule has 8 N–H and O–H groups in total. The van der Waals surface area contributed by atoms with Gasteiger partial charge >= 0.3 is 0 Å². The summed E-state index contributed by atoms with van der Waals surface area (Å²) in [5.41, 5.74) is 2.03. The average molecular weight is 705 g/mol. The van der Waals surface area contributed by atoms with Crippen LogP contribution in [-0.2, 0) is 9.47 Å². The number of hydrogen-bond donors (Lipinski definition) is 8. The van der Waals surface area contributed by atoms with Gasteiger partial charge in [0.2, 0.25) is 5.28 Å². The molecule has 0 spiro atoms. The summed E-state index contributed by atoms with van der Waals surface area (Å²) in [5, 5.41) is 65.6. The van der Waals surface area contributed by atoms with Crippen LogP contribution in [0.5, 0.6) is 0 Å². The maximum atomic E-state index is 10.2. The first-order chi connectivity index (χ1) is 23.8. The lowest BCUT2D eigenvalue weighted by atomic mass is 10.1. The molecular formula is C30H41ClN10O8. The number of aliphatic hydroxyl groups is 6. The van der Waals surface area contributed by atoms with Crippen molar-refractivity contribution in [3.05, 3.63) is 24.3 Å². The second-order valence-electron chi connectivity index (χ2n) is 12.9. The van der Waals surface area contributed by atoms with E-state index in [0.717, 1.165) is 25.7 Å². The van der Waals surface area contributed by atoms with Crippen LogP contribution in [-0.4, -0.2) is 132 Å². The van der Waals surface area contributed by atoms with Crippen molar-refractivity contribution in [2.75, 3.05) is 23.8 Å². The van der Waals surface area contributed by atoms with Crippen LogP contribution >= 0.6 is 11.6 Å². The van der Waals surface area contributed by atoms with E-state index in [0.29, 0.717) is 46.0 Å². The molecule has 4 fully saturated rings. The van der Waals surface area contributed by atoms with E-state index in [4.69, 9.17) is 21.1 Å². The highest BCUT2D eigenvalue weighted by molar-refractivity contribution is 6.28. The molecule has 8 atom stereocenters. The Labute approximate surface area is 285 Å². The summed E-state index contributed by atoms with van der Waals surface area (Å²) in [7, 11) is 0. The Morgan fingerprint density at radius 3 is 1.65 bits per heavy atom. The van der Waals surface area contributed by atoms with E-state index in [-0.39, 0.29) is 11.9 Å². The van der Waals surface area contributed by atoms with Crippen LogP contribution in [0.25, 0.3) is 22.3 Å². The number of aliphatic hydroxyl groups excluding tert-OH is 6. The van der Waals surface area contributed by atoms with Gasteiger partial charge in [-0.25, -0.2) is 19.9 Å². The summed E-state index contributed by atoms with van der Waals surface area (Å²) in [4.78, 5) is 25.7. The third-order valence-electron chi connectivity index (χ3n) is 9.73. The molecule has 4 aromatic rings. The van der Waals surface area contributed by atoms with Gasteiger partial charge in [-0.2, -0.15) is 9.97 Å². The molecule has 2 saturated heterocycles. The highest BCUT2D eigenvalue weighted by Gasteiger charge is 2.45. The molecule has 49 heavy (non-hydrogen) atoms. The third kappa shape index (κ3) is 6.64. The SMILES string of the molecule is OC[C@H]1O[C@@H](n2cnc3c(NC4CCCC4)nc(Cl)nc32)[C@H](O)[C@@H]1O.OC[C@H]1O[C@@H](n2cnc3c(NC4CCCC4)ncnc32)[C@H](O)[C@@H]1O. The molecule has 0 radical (unpaired) electrons. The lowest BCUT2D eigenvalue weighted by molar-refractivity contribution is -0.0511. The van der Waals surface area contributed by atoms with E-state index in [1.807, 2.05) is 0 Å². The van der Waals surface area contributed by atoms with Gasteiger partial charge in [0.1, 0.15) is 43.0 Å². The van der Waals surface area contributed by atoms with Gasteiger partial charge in [0.15, 0.2) is 46.4 Å². The van der Waals surface area contributed by atoms with Crippen molar-refractivity contribution in [3.63, 3.8) is 0 Å². The molecule has 4 aromatic heterocycles. The minimum absolute atomic E-state index is 0.0569. The number of ether oxygens (including phenoxy) is 2. The van der Waals surface area contributed by atoms with Crippen molar-refractivity contribution < 1.29 is 40.1 Å². The van der Waals surface area contributed by atoms with Gasteiger partial charge in [-0.15, -0.1) is 0 Å². The molecule has 2 aliphatic heterocycles. The van der Waals surface area contributed by atoms with E-state index in [9.17, 15) is 30.6 Å². The number of aromatic nitrogens is 8. The molecule has 19 heteroatoms. The zero-order chi connectivity index (χ0) is 34.2. The molecular weight excluding hydrogens is 664 g/mol. The fourth-order valence-electron chi connectivity index (χ4n) is 7.07. The monoisotopic (exact) mass is 704 g/mol. The maximum Gasteiger partial charge on any atom is 0.226 e. The van der Waals surface area contributed by atoms with Crippen LogP contribution in [0.4, 0.5) is 11.6 Å². The molecule has 4 aliphatic rings. The van der Waals surface area contributed by atoms with Gasteiger partial charge in [-0.1, -0.05) is 25.7 Å². The first-order valence-corrected chi connectivity index (χ1v) is 17.0. The van der Waals surface area contributed by atoms with Crippen LogP contribution in [0, 0.1) is 0 Å². The van der Waals surface area contributed by atoms with Gasteiger partial charge < -0.3 is 50.7 Å². The van der Waals surface area contributed by atoms with Crippen molar-refractivity contribution in [1.82, 2.24) is 39.0 Å². The zero-order valence-electron chi connectivity index (χ0n) is 26.5. The number of nitrogens with zero attached hydrogens (tertiary/aromatic N) is 8. The van der Waals surface area contributed by atoms with Crippen LogP contribution in [0.2, 0.25) is 5.28 Å². The Hall–Kier alpha value is -3.33. The van der Waals surface area contributed by atoms with Gasteiger partial charge in [0.25, 0.3) is 0 Å². The predicted octanol–water partition coefficient (Wildman–Crippen LogP) is 0.238. The Bertz CT molecular complexity index is 1730. The minimum atomic E-state index is -1.21. The molecule has 2 aliphatic carbocycles. The topological polar surface area (TPSA) is 251 Å². The van der Waals surface area contributed by atoms with E-state index < -0.39 is 55.7 Å². The van der Waals surface area contributed by atoms with Gasteiger partial charge in [0.05, 0.1) is 25.9 Å². The van der Waals surface area contributed by atoms with Crippen molar-refractivity contribution in [2.45, 2.75) is 113 Å². The van der Waals surface area contributed by atoms with E-state index in [1.54, 1.807) is 4.57 Å². The third-order valence-corrected chi connectivity index (χ3v) is 9.90. The van der Waals surface area contributed by atoms with E-state index >= 15 is 0 Å². The van der Waals surface area contributed by atoms with Gasteiger partial charge in [0, 0.05) is 12.1 Å². The number of imidazole rings is 2. The lowest BCUT2D eigenvalue weighted by Gasteiger charge is -2.17. The molecule has 2 saturated carbocycles. The lowest BCUT2D eigenvalue weighted by Crippen LogP contribution is -2.33. The van der Waals surface area contributed by atoms with Crippen LogP contribution in [0.15, 0.2) is 19.0 Å². The highest BCUT2D eigenvalue weighted by atomic mass is 35.5. The number of anilines is 2. The van der Waals surface area contributed by atoms with Crippen molar-refractivity contribution >= 4 is 45.6 Å². The molecule has 266 valence electrons. The molecule has 0 unspecified atom stereocenters. The average Bonchev–Trinajstić information content (AvgIpc) is 3.96. The van der Waals surface area contributed by atoms with Gasteiger partial charge in [-0.3, -0.25) is 9.13 Å². The van der Waals surface area contributed by atoms with Crippen molar-refractivity contribution in [3.8, 4) is 0 Å². The van der Waals surface area contributed by atoms with E-state index in [1.165, 1.54) is 49.2 Å². The Morgan fingerprint density at radius 1 is 0.653 bits per heavy atom. The normalized spacial score (nSPS) is 30.8. The quantitative estimate of drug-likeness (QED) is 0.114. The first-order valence-electron chi connectivity index (χ1n) is 16.6. The Kier molecular flexibility index (Phi) is 10.1. The summed E-state index contributed by atoms with van der Waals surface area (Å²) in [6.07, 6.45) is 5.36. The second-order valence-corrected chi connectivity index (χ2v) is 13.3. The summed E-state index contributed by atoms with van der Waals surface area (Å²) in [6.45, 7) is -0.767. The van der Waals surface area contributed by atoms with E-state index in [2.05, 4.69) is 40.5 Å². The van der Waals surface area contributed by atoms with Crippen molar-refractivity contribution in [2.24, 2.45) is 0 Å². The summed E-state index contributed by atoms with van der Waals surface area (Å²) in [6, 6.07) is 0.718. The molecule has 6 heterocycles. The van der Waals surface area contributed by atoms with Crippen molar-refractivity contribution in [1.29, 1.82) is 0 Å². The molecule has 18 nitrogen and oxygen atoms in total. The predicted molar refractivity (Wildman–Crippen MR) is 173 cm³/mol. The molecule has 0 bridgehead atoms. The fraction of sp³-hybridized carbons (Fsp3) is 0.667. The van der Waals surface area contributed by atoms with Crippen LogP contribution < -0.4 is 10.6 Å². The number of hydrogen-bond acceptors (Lipinski definition) is 16. The fourth-order valence-corrected chi connectivity index (χ4v) is 7.23. The number of fused-ring (bicyclic) bond motifs is 2. The summed E-state index contributed by atoms with van der Waals surface area (Å²) < 4.78 is 14.2. The zero-order valence-corrected chi connectivity index (χ0v) is 27.3. The van der Waals surface area contributed by atoms with Gasteiger partial charge in [-0.05, 0) is 37.3 Å². The second kappa shape index (κ2) is 14.5. The highest BCUT2D eigenvalue weighted by Crippen LogP contribution is 2.35. The molecule has 0 amide bonds. The molecule has 8 rings (SSSR count). The minimum Gasteiger partial charge on any atom is -0.394 e. The number of nitrogens with one attached hydrogen (secondary N) is 2. The standard InChI is InChI=1S/C15H20ClN5O4.C15H21N5O4/c16-15-19-12(18-7-3-1-2-4-7)9-13(20-15)21(6-17-9)14-11(24)10(23)8(5-22)25-14;21-5-9-11(22)12(23)15(24-9)20-7-18-10-13(16-6-17-14(10)20)19-8-3-1-2-4-8/h6-8,10-11,14,22-24H,1-5H2,(H,18,19,20);6-9,11-12,15,21-23H,1-5H2,(H,16,17,19)/t8-,10-,11-,14-;9-,11-,12-,15-/m11/s1. The van der Waals surface area contributed by atoms with Crippen LogP contribution in [0.3, 0.4) is 0 Å². The smallest absolute Gasteiger partial charge is 0.226 e. The number of halogens is 1. The number of rotatable bonds is 8. The summed E-state index contributed by atoms with van der Waals surface area (Å²) in [5.74, 6) is 1.21. The van der Waals surface area contributed by atoms with Crippen LogP contribution in [0.1, 0.15) is 63.8 Å². The molecule has 0 aromatic carbocycles. The summed E-state index contributed by atoms with van der Waals surface area (Å²) >= 11 is 6.07.